The molecule has 3 aromatic rings. The Hall–Kier alpha value is -2.13. The number of nitrogens with two attached hydrogens (primary N) is 1. The fourth-order valence-corrected chi connectivity index (χ4v) is 3.47. The molecule has 22 heavy (non-hydrogen) atoms. The zero-order valence-electron chi connectivity index (χ0n) is 11.9. The molecule has 9 heteroatoms. The molecule has 0 fully saturated rings. The highest BCUT2D eigenvalue weighted by Gasteiger charge is 2.17. The van der Waals surface area contributed by atoms with Crippen molar-refractivity contribution in [1.82, 2.24) is 19.6 Å². The van der Waals surface area contributed by atoms with E-state index in [4.69, 9.17) is 5.73 Å². The van der Waals surface area contributed by atoms with Crippen molar-refractivity contribution in [3.8, 4) is 10.4 Å². The molecule has 0 aliphatic carbocycles. The van der Waals surface area contributed by atoms with E-state index in [1.54, 1.807) is 11.3 Å². The van der Waals surface area contributed by atoms with E-state index < -0.39 is 0 Å². The fourth-order valence-electron chi connectivity index (χ4n) is 1.99. The minimum absolute atomic E-state index is 0.143. The molecule has 3 aromatic heterocycles. The van der Waals surface area contributed by atoms with Crippen LogP contribution in [0.5, 0.6) is 0 Å². The van der Waals surface area contributed by atoms with Crippen molar-refractivity contribution in [2.75, 3.05) is 18.6 Å². The van der Waals surface area contributed by atoms with E-state index in [1.165, 1.54) is 23.4 Å². The molecular weight excluding hydrogens is 322 g/mol. The largest absolute Gasteiger partial charge is 0.468 e. The van der Waals surface area contributed by atoms with Gasteiger partial charge in [0.2, 0.25) is 5.16 Å². The van der Waals surface area contributed by atoms with Crippen molar-refractivity contribution in [3.05, 3.63) is 23.2 Å². The number of aromatic nitrogens is 4. The lowest BCUT2D eigenvalue weighted by atomic mass is 10.2. The van der Waals surface area contributed by atoms with Gasteiger partial charge in [0.15, 0.2) is 0 Å². The molecule has 0 aromatic carbocycles. The molecule has 0 atom stereocenters. The average Bonchev–Trinajstić information content (AvgIpc) is 3.14. The molecule has 0 aliphatic rings. The fraction of sp³-hybridized carbons (Fsp3) is 0.231. The minimum atomic E-state index is -0.333. The second-order valence-electron chi connectivity index (χ2n) is 4.41. The number of thiophene rings is 1. The number of thioether (sulfide) groups is 1. The molecule has 0 aliphatic heterocycles. The van der Waals surface area contributed by atoms with Gasteiger partial charge >= 0.3 is 5.97 Å². The summed E-state index contributed by atoms with van der Waals surface area (Å²) >= 11 is 2.78. The topological polar surface area (TPSA) is 95.4 Å². The van der Waals surface area contributed by atoms with E-state index in [2.05, 4.69) is 19.8 Å². The van der Waals surface area contributed by atoms with Crippen LogP contribution in [-0.4, -0.2) is 38.4 Å². The minimum Gasteiger partial charge on any atom is -0.468 e. The summed E-state index contributed by atoms with van der Waals surface area (Å²) in [4.78, 5) is 20.9. The molecule has 0 unspecified atom stereocenters. The zero-order chi connectivity index (χ0) is 15.7. The summed E-state index contributed by atoms with van der Waals surface area (Å²) in [5.41, 5.74) is 7.89. The van der Waals surface area contributed by atoms with Crippen molar-refractivity contribution >= 4 is 40.7 Å². The molecule has 2 N–H and O–H groups in total. The number of nitrogen functional groups attached to an aromatic ring is 1. The highest BCUT2D eigenvalue weighted by molar-refractivity contribution is 7.99. The maximum atomic E-state index is 11.2. The molecule has 0 spiro atoms. The number of fused-ring (bicyclic) bond motifs is 1. The molecule has 0 radical (unpaired) electrons. The van der Waals surface area contributed by atoms with Gasteiger partial charge < -0.3 is 10.5 Å². The smallest absolute Gasteiger partial charge is 0.316 e. The molecule has 0 amide bonds. The normalized spacial score (nSPS) is 11.0. The van der Waals surface area contributed by atoms with Crippen LogP contribution in [0, 0.1) is 6.92 Å². The SMILES string of the molecule is COC(=O)CSc1nc2nc(C)c(-c3cccs3)c(N)n2n1. The predicted molar refractivity (Wildman–Crippen MR) is 86.0 cm³/mol. The number of carbonyl (C=O) groups excluding carboxylic acids is 1. The molecular formula is C13H13N5O2S2. The Labute approximate surface area is 134 Å². The van der Waals surface area contributed by atoms with Crippen LogP contribution in [0.15, 0.2) is 22.7 Å². The average molecular weight is 335 g/mol. The Bertz CT molecular complexity index is 829. The molecule has 3 rings (SSSR count). The predicted octanol–water partition coefficient (Wildman–Crippen LogP) is 2.01. The highest BCUT2D eigenvalue weighted by Crippen LogP contribution is 2.32. The lowest BCUT2D eigenvalue weighted by Gasteiger charge is -2.07. The van der Waals surface area contributed by atoms with Gasteiger partial charge in [-0.2, -0.15) is 9.50 Å². The molecule has 0 saturated carbocycles. The third kappa shape index (κ3) is 2.64. The lowest BCUT2D eigenvalue weighted by Crippen LogP contribution is -2.05. The third-order valence-corrected chi connectivity index (χ3v) is 4.70. The van der Waals surface area contributed by atoms with Crippen LogP contribution in [0.2, 0.25) is 0 Å². The van der Waals surface area contributed by atoms with Gasteiger partial charge in [-0.3, -0.25) is 4.79 Å². The molecule has 3 heterocycles. The number of carbonyl (C=O) groups is 1. The van der Waals surface area contributed by atoms with Gasteiger partial charge in [-0.05, 0) is 18.4 Å². The Morgan fingerprint density at radius 2 is 2.32 bits per heavy atom. The van der Waals surface area contributed by atoms with Gasteiger partial charge in [-0.15, -0.1) is 16.4 Å². The number of esters is 1. The van der Waals surface area contributed by atoms with E-state index >= 15 is 0 Å². The van der Waals surface area contributed by atoms with Crippen molar-refractivity contribution in [3.63, 3.8) is 0 Å². The standard InChI is InChI=1S/C13H13N5O2S2/c1-7-10(8-4-3-5-21-8)11(14)18-12(15-7)16-13(17-18)22-6-9(19)20-2/h3-5H,6,14H2,1-2H3. The molecule has 0 bridgehead atoms. The van der Waals surface area contributed by atoms with Crippen LogP contribution in [0.3, 0.4) is 0 Å². The monoisotopic (exact) mass is 335 g/mol. The van der Waals surface area contributed by atoms with E-state index in [9.17, 15) is 4.79 Å². The number of aryl methyl sites for hydroxylation is 1. The number of methoxy groups -OCH3 is 1. The van der Waals surface area contributed by atoms with Gasteiger partial charge in [0.25, 0.3) is 5.78 Å². The maximum Gasteiger partial charge on any atom is 0.316 e. The molecule has 0 saturated heterocycles. The Balaban J connectivity index is 2.02. The second kappa shape index (κ2) is 5.93. The summed E-state index contributed by atoms with van der Waals surface area (Å²) in [7, 11) is 1.34. The van der Waals surface area contributed by atoms with Crippen LogP contribution in [0.25, 0.3) is 16.2 Å². The van der Waals surface area contributed by atoms with Gasteiger partial charge in [-0.25, -0.2) is 4.98 Å². The van der Waals surface area contributed by atoms with Crippen molar-refractivity contribution in [2.24, 2.45) is 0 Å². The quantitative estimate of drug-likeness (QED) is 0.575. The Morgan fingerprint density at radius 3 is 3.00 bits per heavy atom. The van der Waals surface area contributed by atoms with Crippen LogP contribution in [-0.2, 0) is 9.53 Å². The Morgan fingerprint density at radius 1 is 1.50 bits per heavy atom. The summed E-state index contributed by atoms with van der Waals surface area (Å²) in [5, 5.41) is 6.73. The van der Waals surface area contributed by atoms with E-state index in [0.29, 0.717) is 16.8 Å². The van der Waals surface area contributed by atoms with Crippen molar-refractivity contribution in [1.29, 1.82) is 0 Å². The molecule has 114 valence electrons. The lowest BCUT2D eigenvalue weighted by molar-refractivity contribution is -0.137. The number of rotatable bonds is 4. The summed E-state index contributed by atoms with van der Waals surface area (Å²) in [6, 6.07) is 3.95. The summed E-state index contributed by atoms with van der Waals surface area (Å²) < 4.78 is 6.10. The molecule has 7 nitrogen and oxygen atoms in total. The number of hydrogen-bond acceptors (Lipinski definition) is 8. The Kier molecular flexibility index (Phi) is 3.99. The van der Waals surface area contributed by atoms with Crippen molar-refractivity contribution < 1.29 is 9.53 Å². The van der Waals surface area contributed by atoms with E-state index in [-0.39, 0.29) is 11.7 Å². The van der Waals surface area contributed by atoms with Gasteiger partial charge in [0.1, 0.15) is 5.82 Å². The third-order valence-electron chi connectivity index (χ3n) is 3.00. The first kappa shape index (κ1) is 14.8. The van der Waals surface area contributed by atoms with Gasteiger partial charge in [0.05, 0.1) is 24.1 Å². The van der Waals surface area contributed by atoms with Crippen molar-refractivity contribution in [2.45, 2.75) is 12.1 Å². The van der Waals surface area contributed by atoms with Crippen LogP contribution >= 0.6 is 23.1 Å². The van der Waals surface area contributed by atoms with Crippen LogP contribution in [0.4, 0.5) is 5.82 Å². The first-order valence-electron chi connectivity index (χ1n) is 6.36. The summed E-state index contributed by atoms with van der Waals surface area (Å²) in [6.07, 6.45) is 0. The zero-order valence-corrected chi connectivity index (χ0v) is 13.6. The van der Waals surface area contributed by atoms with Gasteiger partial charge in [0, 0.05) is 4.88 Å². The van der Waals surface area contributed by atoms with Crippen LogP contribution < -0.4 is 5.73 Å². The number of nitrogens with zero attached hydrogens (tertiary/aromatic N) is 4. The first-order valence-corrected chi connectivity index (χ1v) is 8.23. The number of ether oxygens (including phenoxy) is 1. The van der Waals surface area contributed by atoms with Gasteiger partial charge in [-0.1, -0.05) is 17.8 Å². The summed E-state index contributed by atoms with van der Waals surface area (Å²) in [5.74, 6) is 0.717. The summed E-state index contributed by atoms with van der Waals surface area (Å²) in [6.45, 7) is 1.89. The first-order chi connectivity index (χ1) is 10.6. The number of anilines is 1. The van der Waals surface area contributed by atoms with Crippen LogP contribution in [0.1, 0.15) is 5.69 Å². The van der Waals surface area contributed by atoms with E-state index in [1.807, 2.05) is 24.4 Å². The highest BCUT2D eigenvalue weighted by atomic mass is 32.2. The number of hydrogen-bond donors (Lipinski definition) is 1. The maximum absolute atomic E-state index is 11.2. The van der Waals surface area contributed by atoms with E-state index in [0.717, 1.165) is 16.1 Å². The second-order valence-corrected chi connectivity index (χ2v) is 6.30.